The minimum atomic E-state index is -4.22. The fourth-order valence-corrected chi connectivity index (χ4v) is 4.59. The predicted octanol–water partition coefficient (Wildman–Crippen LogP) is 1.46. The predicted molar refractivity (Wildman–Crippen MR) is 116 cm³/mol. The summed E-state index contributed by atoms with van der Waals surface area (Å²) in [4.78, 5) is 23.0. The molecule has 0 unspecified atom stereocenters. The number of ether oxygens (including phenoxy) is 2. The molecule has 11 nitrogen and oxygen atoms in total. The van der Waals surface area contributed by atoms with Crippen LogP contribution in [0.3, 0.4) is 0 Å². The summed E-state index contributed by atoms with van der Waals surface area (Å²) in [5, 5.41) is 8.74. The van der Waals surface area contributed by atoms with Crippen LogP contribution in [-0.4, -0.2) is 57.6 Å². The second-order valence-corrected chi connectivity index (χ2v) is 10.6. The van der Waals surface area contributed by atoms with E-state index in [2.05, 4.69) is 11.3 Å². The number of carbonyl (C=O) groups excluding carboxylic acids is 2. The highest BCUT2D eigenvalue weighted by atomic mass is 32.2. The number of rotatable bonds is 11. The summed E-state index contributed by atoms with van der Waals surface area (Å²) in [6.07, 6.45) is 1.63. The molecule has 2 aromatic carbocycles. The molecular weight excluding hydrogens is 476 g/mol. The van der Waals surface area contributed by atoms with Gasteiger partial charge in [0.1, 0.15) is 11.5 Å². The summed E-state index contributed by atoms with van der Waals surface area (Å²) in [5.74, 6) is -1.14. The number of sulfone groups is 1. The maximum Gasteiger partial charge on any atom is 0.311 e. The van der Waals surface area contributed by atoms with E-state index in [0.717, 1.165) is 12.5 Å². The van der Waals surface area contributed by atoms with E-state index in [9.17, 15) is 26.4 Å². The Hall–Kier alpha value is -3.26. The molecule has 0 heterocycles. The molecule has 0 radical (unpaired) electrons. The molecule has 0 spiro atoms. The Balaban J connectivity index is 2.19. The average molecular weight is 499 g/mol. The topological polar surface area (TPSA) is 156 Å². The first kappa shape index (κ1) is 26.0. The zero-order chi connectivity index (χ0) is 24.6. The SMILES string of the molecule is C=COC(=O)CCN(CC(=O)NO)S(=O)(=O)c1ccc(Oc2ccc(S(C)(=O)=O)cc2)cc1. The Bertz CT molecular complexity index is 1210. The van der Waals surface area contributed by atoms with Gasteiger partial charge in [-0.05, 0) is 48.5 Å². The average Bonchev–Trinajstić information content (AvgIpc) is 2.76. The quantitative estimate of drug-likeness (QED) is 0.203. The van der Waals surface area contributed by atoms with Gasteiger partial charge in [-0.15, -0.1) is 0 Å². The fraction of sp³-hybridized carbons (Fsp3) is 0.200. The first-order chi connectivity index (χ1) is 15.5. The van der Waals surface area contributed by atoms with Gasteiger partial charge in [-0.2, -0.15) is 4.31 Å². The molecule has 0 saturated heterocycles. The monoisotopic (exact) mass is 498 g/mol. The van der Waals surface area contributed by atoms with Gasteiger partial charge >= 0.3 is 5.97 Å². The van der Waals surface area contributed by atoms with Gasteiger partial charge in [0.25, 0.3) is 5.91 Å². The number of hydrogen-bond donors (Lipinski definition) is 2. The minimum absolute atomic E-state index is 0.125. The van der Waals surface area contributed by atoms with E-state index in [4.69, 9.17) is 9.94 Å². The Morgan fingerprint density at radius 1 is 1.00 bits per heavy atom. The number of sulfonamides is 1. The number of amides is 1. The van der Waals surface area contributed by atoms with E-state index in [-0.39, 0.29) is 28.5 Å². The van der Waals surface area contributed by atoms with Gasteiger partial charge in [0.05, 0.1) is 29.0 Å². The Morgan fingerprint density at radius 2 is 1.52 bits per heavy atom. The zero-order valence-electron chi connectivity index (χ0n) is 17.5. The number of nitrogens with one attached hydrogen (secondary N) is 1. The summed E-state index contributed by atoms with van der Waals surface area (Å²) in [6, 6.07) is 10.9. The molecule has 0 fully saturated rings. The maximum absolute atomic E-state index is 12.9. The first-order valence-corrected chi connectivity index (χ1v) is 12.6. The van der Waals surface area contributed by atoms with Gasteiger partial charge in [-0.3, -0.25) is 14.8 Å². The first-order valence-electron chi connectivity index (χ1n) is 9.29. The van der Waals surface area contributed by atoms with Crippen LogP contribution in [0.5, 0.6) is 11.5 Å². The number of esters is 1. The highest BCUT2D eigenvalue weighted by molar-refractivity contribution is 7.90. The lowest BCUT2D eigenvalue weighted by Crippen LogP contribution is -2.40. The Morgan fingerprint density at radius 3 is 1.97 bits per heavy atom. The van der Waals surface area contributed by atoms with Crippen LogP contribution in [0.4, 0.5) is 0 Å². The molecule has 2 rings (SSSR count). The number of carbonyl (C=O) groups is 2. The van der Waals surface area contributed by atoms with Crippen molar-refractivity contribution in [2.24, 2.45) is 0 Å². The van der Waals surface area contributed by atoms with E-state index in [0.29, 0.717) is 10.1 Å². The van der Waals surface area contributed by atoms with E-state index in [1.807, 2.05) is 0 Å². The van der Waals surface area contributed by atoms with Gasteiger partial charge in [0.15, 0.2) is 9.84 Å². The normalized spacial score (nSPS) is 11.6. The molecule has 2 N–H and O–H groups in total. The maximum atomic E-state index is 12.9. The summed E-state index contributed by atoms with van der Waals surface area (Å²) in [6.45, 7) is 2.12. The number of benzene rings is 2. The van der Waals surface area contributed by atoms with Gasteiger partial charge in [-0.25, -0.2) is 22.3 Å². The van der Waals surface area contributed by atoms with Crippen LogP contribution >= 0.6 is 0 Å². The number of hydroxylamine groups is 1. The lowest BCUT2D eigenvalue weighted by atomic mass is 10.3. The zero-order valence-corrected chi connectivity index (χ0v) is 19.1. The van der Waals surface area contributed by atoms with Crippen LogP contribution in [0.1, 0.15) is 6.42 Å². The van der Waals surface area contributed by atoms with Crippen molar-refractivity contribution in [3.63, 3.8) is 0 Å². The number of hydrogen-bond acceptors (Lipinski definition) is 9. The molecule has 0 aliphatic heterocycles. The Labute approximate surface area is 191 Å². The summed E-state index contributed by atoms with van der Waals surface area (Å²) in [5.41, 5.74) is 1.35. The van der Waals surface area contributed by atoms with Crippen molar-refractivity contribution in [2.75, 3.05) is 19.3 Å². The second-order valence-electron chi connectivity index (χ2n) is 6.60. The van der Waals surface area contributed by atoms with Gasteiger partial charge in [0.2, 0.25) is 10.0 Å². The number of nitrogens with zero attached hydrogens (tertiary/aromatic N) is 1. The molecule has 0 aliphatic carbocycles. The highest BCUT2D eigenvalue weighted by Gasteiger charge is 2.27. The molecule has 33 heavy (non-hydrogen) atoms. The second kappa shape index (κ2) is 11.0. The molecule has 0 saturated carbocycles. The van der Waals surface area contributed by atoms with Crippen molar-refractivity contribution in [2.45, 2.75) is 16.2 Å². The van der Waals surface area contributed by atoms with Crippen molar-refractivity contribution in [3.05, 3.63) is 61.4 Å². The van der Waals surface area contributed by atoms with Crippen LogP contribution in [0.25, 0.3) is 0 Å². The highest BCUT2D eigenvalue weighted by Crippen LogP contribution is 2.25. The van der Waals surface area contributed by atoms with E-state index >= 15 is 0 Å². The molecular formula is C20H22N2O9S2. The van der Waals surface area contributed by atoms with Crippen molar-refractivity contribution < 1.29 is 41.1 Å². The molecule has 0 aliphatic rings. The lowest BCUT2D eigenvalue weighted by molar-refractivity contribution is -0.138. The third-order valence-corrected chi connectivity index (χ3v) is 7.16. The molecule has 0 aromatic heterocycles. The Kier molecular flexibility index (Phi) is 8.70. The third kappa shape index (κ3) is 7.39. The van der Waals surface area contributed by atoms with E-state index in [1.54, 1.807) is 0 Å². The summed E-state index contributed by atoms with van der Waals surface area (Å²) in [7, 11) is -7.57. The summed E-state index contributed by atoms with van der Waals surface area (Å²) >= 11 is 0. The van der Waals surface area contributed by atoms with Crippen LogP contribution in [0.2, 0.25) is 0 Å². The molecule has 0 bridgehead atoms. The smallest absolute Gasteiger partial charge is 0.311 e. The van der Waals surface area contributed by atoms with E-state index in [1.165, 1.54) is 54.0 Å². The molecule has 2 aromatic rings. The van der Waals surface area contributed by atoms with Crippen LogP contribution in [0.15, 0.2) is 71.2 Å². The van der Waals surface area contributed by atoms with Crippen molar-refractivity contribution in [1.82, 2.24) is 9.79 Å². The lowest BCUT2D eigenvalue weighted by Gasteiger charge is -2.21. The third-order valence-electron chi connectivity index (χ3n) is 4.17. The van der Waals surface area contributed by atoms with Crippen molar-refractivity contribution in [1.29, 1.82) is 0 Å². The molecule has 13 heteroatoms. The minimum Gasteiger partial charge on any atom is -0.457 e. The standard InChI is InChI=1S/C20H22N2O9S2/c1-3-30-20(24)12-13-22(14-19(23)21-25)33(28,29)18-10-6-16(7-11-18)31-15-4-8-17(9-5-15)32(2,26)27/h3-11,25H,1,12-14H2,2H3,(H,21,23). The molecule has 0 atom stereocenters. The van der Waals surface area contributed by atoms with Crippen LogP contribution in [0, 0.1) is 0 Å². The van der Waals surface area contributed by atoms with Crippen molar-refractivity contribution >= 4 is 31.7 Å². The van der Waals surface area contributed by atoms with Gasteiger partial charge in [-0.1, -0.05) is 6.58 Å². The van der Waals surface area contributed by atoms with Crippen LogP contribution in [-0.2, 0) is 34.2 Å². The van der Waals surface area contributed by atoms with Crippen molar-refractivity contribution in [3.8, 4) is 11.5 Å². The summed E-state index contributed by atoms with van der Waals surface area (Å²) < 4.78 is 59.8. The van der Waals surface area contributed by atoms with E-state index < -0.39 is 38.3 Å². The fourth-order valence-electron chi connectivity index (χ4n) is 2.57. The van der Waals surface area contributed by atoms with Crippen LogP contribution < -0.4 is 10.2 Å². The van der Waals surface area contributed by atoms with Gasteiger partial charge in [0, 0.05) is 12.8 Å². The largest absolute Gasteiger partial charge is 0.457 e. The molecule has 178 valence electrons. The van der Waals surface area contributed by atoms with Gasteiger partial charge < -0.3 is 9.47 Å². The molecule has 1 amide bonds.